The van der Waals surface area contributed by atoms with Crippen LogP contribution in [0.1, 0.15) is 116 Å². The molecule has 0 unspecified atom stereocenters. The molecule has 0 heteroatoms. The molecular weight excluding hydrogens is 252 g/mol. The number of unbranched alkanes of at least 4 members (excludes halogenated alkanes) is 16. The first-order valence-electron chi connectivity index (χ1n) is 9.82. The van der Waals surface area contributed by atoms with E-state index in [1.807, 2.05) is 0 Å². The molecule has 0 saturated heterocycles. The van der Waals surface area contributed by atoms with Crippen LogP contribution in [0.5, 0.6) is 0 Å². The smallest absolute Gasteiger partial charge is 0.0351 e. The molecule has 0 N–H and O–H groups in total. The summed E-state index contributed by atoms with van der Waals surface area (Å²) < 4.78 is 0. The van der Waals surface area contributed by atoms with Gasteiger partial charge in [-0.3, -0.25) is 0 Å². The topological polar surface area (TPSA) is 0 Å². The van der Waals surface area contributed by atoms with Crippen LogP contribution in [-0.4, -0.2) is 0 Å². The summed E-state index contributed by atoms with van der Waals surface area (Å²) in [7, 11) is 0. The Hall–Kier alpha value is -0.260. The molecule has 0 amide bonds. The minimum Gasteiger partial charge on any atom is -0.0917 e. The summed E-state index contributed by atoms with van der Waals surface area (Å²) in [5.41, 5.74) is 0. The lowest BCUT2D eigenvalue weighted by molar-refractivity contribution is 0.531. The summed E-state index contributed by atoms with van der Waals surface area (Å²) in [6, 6.07) is 0. The molecule has 0 aliphatic rings. The summed E-state index contributed by atoms with van der Waals surface area (Å²) in [4.78, 5) is 0. The fourth-order valence-corrected chi connectivity index (χ4v) is 2.90. The van der Waals surface area contributed by atoms with E-state index in [4.69, 9.17) is 0 Å². The predicted molar refractivity (Wildman–Crippen MR) is 98.7 cm³/mol. The second-order valence-electron chi connectivity index (χ2n) is 6.51. The first-order valence-corrected chi connectivity index (χ1v) is 9.82. The molecule has 0 saturated carbocycles. The molecular formula is C21H41. The van der Waals surface area contributed by atoms with E-state index >= 15 is 0 Å². The highest BCUT2D eigenvalue weighted by atomic mass is 14.0. The van der Waals surface area contributed by atoms with Gasteiger partial charge in [-0.05, 0) is 19.8 Å². The molecule has 0 aliphatic carbocycles. The van der Waals surface area contributed by atoms with Gasteiger partial charge < -0.3 is 0 Å². The van der Waals surface area contributed by atoms with Crippen molar-refractivity contribution in [2.75, 3.05) is 0 Å². The molecule has 0 aromatic rings. The van der Waals surface area contributed by atoms with Crippen LogP contribution < -0.4 is 0 Å². The Morgan fingerprint density at radius 1 is 0.524 bits per heavy atom. The quantitative estimate of drug-likeness (QED) is 0.188. The SMILES string of the molecule is [CH2]CCCCCCCCCCCCCCCCCC=CC. The van der Waals surface area contributed by atoms with E-state index in [-0.39, 0.29) is 0 Å². The van der Waals surface area contributed by atoms with Crippen LogP contribution in [0.3, 0.4) is 0 Å². The first kappa shape index (κ1) is 20.7. The van der Waals surface area contributed by atoms with Crippen molar-refractivity contribution in [2.45, 2.75) is 116 Å². The van der Waals surface area contributed by atoms with Gasteiger partial charge in [0.15, 0.2) is 0 Å². The third kappa shape index (κ3) is 19.7. The zero-order valence-corrected chi connectivity index (χ0v) is 14.9. The molecule has 0 spiro atoms. The van der Waals surface area contributed by atoms with Crippen molar-refractivity contribution in [3.05, 3.63) is 19.1 Å². The van der Waals surface area contributed by atoms with Crippen molar-refractivity contribution >= 4 is 0 Å². The average Bonchev–Trinajstić information content (AvgIpc) is 2.50. The van der Waals surface area contributed by atoms with Crippen molar-refractivity contribution in [2.24, 2.45) is 0 Å². The lowest BCUT2D eigenvalue weighted by Gasteiger charge is -2.03. The van der Waals surface area contributed by atoms with Gasteiger partial charge in [-0.15, -0.1) is 0 Å². The molecule has 0 nitrogen and oxygen atoms in total. The maximum absolute atomic E-state index is 3.89. The molecule has 0 heterocycles. The number of rotatable bonds is 17. The maximum atomic E-state index is 3.89. The third-order valence-electron chi connectivity index (χ3n) is 4.36. The predicted octanol–water partition coefficient (Wildman–Crippen LogP) is 8.03. The maximum Gasteiger partial charge on any atom is -0.0351 e. The van der Waals surface area contributed by atoms with Gasteiger partial charge in [0.2, 0.25) is 0 Å². The highest BCUT2D eigenvalue weighted by Crippen LogP contribution is 2.13. The van der Waals surface area contributed by atoms with E-state index in [1.54, 1.807) is 0 Å². The van der Waals surface area contributed by atoms with E-state index < -0.39 is 0 Å². The van der Waals surface area contributed by atoms with Gasteiger partial charge >= 0.3 is 0 Å². The lowest BCUT2D eigenvalue weighted by Crippen LogP contribution is -1.83. The van der Waals surface area contributed by atoms with Gasteiger partial charge in [0.1, 0.15) is 0 Å². The second-order valence-corrected chi connectivity index (χ2v) is 6.51. The zero-order valence-electron chi connectivity index (χ0n) is 14.9. The van der Waals surface area contributed by atoms with Crippen LogP contribution in [0.15, 0.2) is 12.2 Å². The van der Waals surface area contributed by atoms with Crippen molar-refractivity contribution < 1.29 is 0 Å². The van der Waals surface area contributed by atoms with Gasteiger partial charge in [0, 0.05) is 0 Å². The first-order chi connectivity index (χ1) is 10.4. The molecule has 0 bridgehead atoms. The molecule has 0 aromatic heterocycles. The van der Waals surface area contributed by atoms with Crippen LogP contribution >= 0.6 is 0 Å². The standard InChI is InChI=1S/C21H41/c1-3-5-7-9-11-13-15-17-19-21-20-18-16-14-12-10-8-6-4-2/h4,6H,1,3,5,7-21H2,2H3. The average molecular weight is 294 g/mol. The Balaban J connectivity index is 2.93. The van der Waals surface area contributed by atoms with Gasteiger partial charge in [-0.2, -0.15) is 0 Å². The van der Waals surface area contributed by atoms with Crippen LogP contribution in [0.4, 0.5) is 0 Å². The summed E-state index contributed by atoms with van der Waals surface area (Å²) in [5.74, 6) is 0. The molecule has 21 heavy (non-hydrogen) atoms. The lowest BCUT2D eigenvalue weighted by atomic mass is 10.0. The number of hydrogen-bond donors (Lipinski definition) is 0. The number of hydrogen-bond acceptors (Lipinski definition) is 0. The number of allylic oxidation sites excluding steroid dienone is 2. The van der Waals surface area contributed by atoms with Crippen LogP contribution in [0.2, 0.25) is 0 Å². The van der Waals surface area contributed by atoms with Crippen LogP contribution in [-0.2, 0) is 0 Å². The van der Waals surface area contributed by atoms with Gasteiger partial charge in [-0.1, -0.05) is 115 Å². The normalized spacial score (nSPS) is 11.5. The van der Waals surface area contributed by atoms with E-state index in [0.717, 1.165) is 6.42 Å². The molecule has 0 aliphatic heterocycles. The second kappa shape index (κ2) is 19.7. The van der Waals surface area contributed by atoms with E-state index in [9.17, 15) is 0 Å². The monoisotopic (exact) mass is 293 g/mol. The Bertz CT molecular complexity index is 192. The summed E-state index contributed by atoms with van der Waals surface area (Å²) in [6.07, 6.45) is 28.5. The Kier molecular flexibility index (Phi) is 19.5. The Morgan fingerprint density at radius 2 is 0.857 bits per heavy atom. The molecule has 0 rings (SSSR count). The van der Waals surface area contributed by atoms with Crippen molar-refractivity contribution in [3.8, 4) is 0 Å². The van der Waals surface area contributed by atoms with Crippen molar-refractivity contribution in [3.63, 3.8) is 0 Å². The third-order valence-corrected chi connectivity index (χ3v) is 4.36. The van der Waals surface area contributed by atoms with Crippen molar-refractivity contribution in [1.29, 1.82) is 0 Å². The Morgan fingerprint density at radius 3 is 1.19 bits per heavy atom. The highest BCUT2D eigenvalue weighted by molar-refractivity contribution is 4.76. The Labute approximate surface area is 135 Å². The summed E-state index contributed by atoms with van der Waals surface area (Å²) >= 11 is 0. The van der Waals surface area contributed by atoms with Gasteiger partial charge in [-0.25, -0.2) is 0 Å². The fourth-order valence-electron chi connectivity index (χ4n) is 2.90. The largest absolute Gasteiger partial charge is 0.0917 e. The molecule has 0 aromatic carbocycles. The summed E-state index contributed by atoms with van der Waals surface area (Å²) in [5, 5.41) is 0. The highest BCUT2D eigenvalue weighted by Gasteiger charge is 1.94. The minimum atomic E-state index is 1.12. The zero-order chi connectivity index (χ0) is 15.4. The van der Waals surface area contributed by atoms with Crippen LogP contribution in [0.25, 0.3) is 0 Å². The molecule has 125 valence electrons. The minimum absolute atomic E-state index is 1.12. The van der Waals surface area contributed by atoms with E-state index in [1.165, 1.54) is 103 Å². The van der Waals surface area contributed by atoms with E-state index in [0.29, 0.717) is 0 Å². The van der Waals surface area contributed by atoms with Crippen LogP contribution in [0, 0.1) is 6.92 Å². The molecule has 0 fully saturated rings. The fraction of sp³-hybridized carbons (Fsp3) is 0.857. The van der Waals surface area contributed by atoms with Crippen molar-refractivity contribution in [1.82, 2.24) is 0 Å². The van der Waals surface area contributed by atoms with E-state index in [2.05, 4.69) is 26.0 Å². The molecule has 1 radical (unpaired) electrons. The molecule has 0 atom stereocenters. The van der Waals surface area contributed by atoms with Gasteiger partial charge in [0.05, 0.1) is 0 Å². The van der Waals surface area contributed by atoms with Gasteiger partial charge in [0.25, 0.3) is 0 Å². The summed E-state index contributed by atoms with van der Waals surface area (Å²) in [6.45, 7) is 6.01.